The van der Waals surface area contributed by atoms with E-state index in [4.69, 9.17) is 0 Å². The highest BCUT2D eigenvalue weighted by Crippen LogP contribution is 2.57. The average molecular weight is 287 g/mol. The first-order valence-electron chi connectivity index (χ1n) is 7.92. The highest BCUT2D eigenvalue weighted by molar-refractivity contribution is 7.91. The van der Waals surface area contributed by atoms with Crippen molar-refractivity contribution in [3.8, 4) is 0 Å². The maximum atomic E-state index is 12.0. The van der Waals surface area contributed by atoms with Crippen LogP contribution in [0, 0.1) is 17.3 Å². The van der Waals surface area contributed by atoms with Gasteiger partial charge in [0.05, 0.1) is 5.75 Å². The Balaban J connectivity index is 1.99. The smallest absolute Gasteiger partial charge is 0.150 e. The van der Waals surface area contributed by atoms with Crippen molar-refractivity contribution in [2.45, 2.75) is 52.4 Å². The van der Waals surface area contributed by atoms with E-state index in [9.17, 15) is 8.42 Å². The predicted octanol–water partition coefficient (Wildman–Crippen LogP) is 2.62. The molecular weight excluding hydrogens is 258 g/mol. The SMILES string of the molecule is CCCS(=O)(=O)CCC1(CNCC)CC2CCC1C2. The standard InChI is InChI=1S/C15H29NO2S/c1-3-8-19(17,18)9-7-15(12-16-4-2)11-13-5-6-14(15)10-13/h13-14,16H,3-12H2,1-2H3. The topological polar surface area (TPSA) is 46.2 Å². The van der Waals surface area contributed by atoms with E-state index in [1.807, 2.05) is 6.92 Å². The highest BCUT2D eigenvalue weighted by atomic mass is 32.2. The van der Waals surface area contributed by atoms with Crippen LogP contribution in [0.15, 0.2) is 0 Å². The summed E-state index contributed by atoms with van der Waals surface area (Å²) in [5.74, 6) is 2.40. The fraction of sp³-hybridized carbons (Fsp3) is 1.00. The summed E-state index contributed by atoms with van der Waals surface area (Å²) in [6.07, 6.45) is 6.92. The fourth-order valence-electron chi connectivity index (χ4n) is 4.31. The van der Waals surface area contributed by atoms with Gasteiger partial charge in [-0.25, -0.2) is 8.42 Å². The molecular formula is C15H29NO2S. The van der Waals surface area contributed by atoms with Crippen molar-refractivity contribution in [3.63, 3.8) is 0 Å². The second kappa shape index (κ2) is 6.13. The van der Waals surface area contributed by atoms with Gasteiger partial charge in [-0.15, -0.1) is 0 Å². The van der Waals surface area contributed by atoms with Gasteiger partial charge in [-0.05, 0) is 55.9 Å². The quantitative estimate of drug-likeness (QED) is 0.746. The van der Waals surface area contributed by atoms with Crippen LogP contribution >= 0.6 is 0 Å². The lowest BCUT2D eigenvalue weighted by molar-refractivity contribution is 0.152. The third-order valence-electron chi connectivity index (χ3n) is 5.26. The largest absolute Gasteiger partial charge is 0.316 e. The van der Waals surface area contributed by atoms with E-state index < -0.39 is 9.84 Å². The molecule has 0 heterocycles. The predicted molar refractivity (Wildman–Crippen MR) is 80.0 cm³/mol. The summed E-state index contributed by atoms with van der Waals surface area (Å²) in [6.45, 7) is 6.09. The lowest BCUT2D eigenvalue weighted by atomic mass is 9.71. The van der Waals surface area contributed by atoms with Gasteiger partial charge in [0.1, 0.15) is 9.84 Å². The molecule has 3 unspecified atom stereocenters. The number of hydrogen-bond acceptors (Lipinski definition) is 3. The molecule has 112 valence electrons. The first kappa shape index (κ1) is 15.3. The zero-order valence-electron chi connectivity index (χ0n) is 12.5. The molecule has 0 aromatic heterocycles. The van der Waals surface area contributed by atoms with Crippen LogP contribution in [0.4, 0.5) is 0 Å². The zero-order valence-corrected chi connectivity index (χ0v) is 13.3. The maximum Gasteiger partial charge on any atom is 0.150 e. The number of rotatable bonds is 8. The molecule has 4 heteroatoms. The van der Waals surface area contributed by atoms with Crippen LogP contribution < -0.4 is 5.32 Å². The fourth-order valence-corrected chi connectivity index (χ4v) is 5.86. The molecule has 2 fully saturated rings. The van der Waals surface area contributed by atoms with Gasteiger partial charge < -0.3 is 5.32 Å². The monoisotopic (exact) mass is 287 g/mol. The summed E-state index contributed by atoms with van der Waals surface area (Å²) < 4.78 is 24.0. The van der Waals surface area contributed by atoms with Crippen LogP contribution in [0.1, 0.15) is 52.4 Å². The van der Waals surface area contributed by atoms with Crippen molar-refractivity contribution in [1.82, 2.24) is 5.32 Å². The van der Waals surface area contributed by atoms with E-state index in [-0.39, 0.29) is 5.41 Å². The Morgan fingerprint density at radius 2 is 2.00 bits per heavy atom. The van der Waals surface area contributed by atoms with Crippen molar-refractivity contribution in [1.29, 1.82) is 0 Å². The molecule has 19 heavy (non-hydrogen) atoms. The van der Waals surface area contributed by atoms with Gasteiger partial charge in [-0.3, -0.25) is 0 Å². The number of fused-ring (bicyclic) bond motifs is 2. The van der Waals surface area contributed by atoms with Gasteiger partial charge in [0, 0.05) is 12.3 Å². The Kier molecular flexibility index (Phi) is 4.93. The summed E-state index contributed by atoms with van der Waals surface area (Å²) in [7, 11) is -2.83. The molecule has 0 aliphatic heterocycles. The van der Waals surface area contributed by atoms with Crippen LogP contribution in [0.3, 0.4) is 0 Å². The van der Waals surface area contributed by atoms with Crippen molar-refractivity contribution in [2.24, 2.45) is 17.3 Å². The Bertz CT molecular complexity index is 393. The zero-order chi connectivity index (χ0) is 13.9. The summed E-state index contributed by atoms with van der Waals surface area (Å²) in [5, 5.41) is 3.49. The molecule has 1 N–H and O–H groups in total. The van der Waals surface area contributed by atoms with Gasteiger partial charge in [0.25, 0.3) is 0 Å². The molecule has 0 amide bonds. The summed E-state index contributed by atoms with van der Waals surface area (Å²) >= 11 is 0. The molecule has 3 nitrogen and oxygen atoms in total. The van der Waals surface area contributed by atoms with Crippen LogP contribution in [0.25, 0.3) is 0 Å². The average Bonchev–Trinajstić information content (AvgIpc) is 2.95. The van der Waals surface area contributed by atoms with E-state index in [1.165, 1.54) is 25.7 Å². The highest BCUT2D eigenvalue weighted by Gasteiger charge is 2.50. The van der Waals surface area contributed by atoms with Crippen molar-refractivity contribution in [2.75, 3.05) is 24.6 Å². The third kappa shape index (κ3) is 3.52. The molecule has 0 aromatic carbocycles. The first-order chi connectivity index (χ1) is 9.01. The van der Waals surface area contributed by atoms with Crippen LogP contribution in [0.2, 0.25) is 0 Å². The van der Waals surface area contributed by atoms with Gasteiger partial charge in [0.2, 0.25) is 0 Å². The molecule has 0 spiro atoms. The molecule has 2 rings (SSSR count). The molecule has 0 saturated heterocycles. The number of sulfone groups is 1. The van der Waals surface area contributed by atoms with Crippen molar-refractivity contribution < 1.29 is 8.42 Å². The Labute approximate surface area is 118 Å². The lowest BCUT2D eigenvalue weighted by Gasteiger charge is -2.38. The lowest BCUT2D eigenvalue weighted by Crippen LogP contribution is -2.40. The number of nitrogens with one attached hydrogen (secondary N) is 1. The van der Waals surface area contributed by atoms with E-state index in [1.54, 1.807) is 0 Å². The summed E-state index contributed by atoms with van der Waals surface area (Å²) in [5.41, 5.74) is 0.278. The van der Waals surface area contributed by atoms with Crippen LogP contribution in [-0.4, -0.2) is 33.0 Å². The Morgan fingerprint density at radius 3 is 2.53 bits per heavy atom. The molecule has 0 radical (unpaired) electrons. The molecule has 2 saturated carbocycles. The van der Waals surface area contributed by atoms with Gasteiger partial charge in [-0.2, -0.15) is 0 Å². The van der Waals surface area contributed by atoms with Gasteiger partial charge >= 0.3 is 0 Å². The molecule has 2 aliphatic carbocycles. The molecule has 0 aromatic rings. The Morgan fingerprint density at radius 1 is 1.21 bits per heavy atom. The minimum Gasteiger partial charge on any atom is -0.316 e. The molecule has 2 bridgehead atoms. The van der Waals surface area contributed by atoms with E-state index in [0.717, 1.165) is 37.8 Å². The molecule has 3 atom stereocenters. The molecule has 2 aliphatic rings. The minimum atomic E-state index is -2.83. The van der Waals surface area contributed by atoms with Gasteiger partial charge in [0.15, 0.2) is 0 Å². The van der Waals surface area contributed by atoms with E-state index in [2.05, 4.69) is 12.2 Å². The normalized spacial score (nSPS) is 34.0. The summed E-state index contributed by atoms with van der Waals surface area (Å²) in [4.78, 5) is 0. The number of hydrogen-bond donors (Lipinski definition) is 1. The Hall–Kier alpha value is -0.0900. The van der Waals surface area contributed by atoms with Crippen LogP contribution in [-0.2, 0) is 9.84 Å². The van der Waals surface area contributed by atoms with Crippen LogP contribution in [0.5, 0.6) is 0 Å². The third-order valence-corrected chi connectivity index (χ3v) is 7.11. The van der Waals surface area contributed by atoms with E-state index >= 15 is 0 Å². The maximum absolute atomic E-state index is 12.0. The minimum absolute atomic E-state index is 0.278. The van der Waals surface area contributed by atoms with Crippen molar-refractivity contribution >= 4 is 9.84 Å². The van der Waals surface area contributed by atoms with Crippen molar-refractivity contribution in [3.05, 3.63) is 0 Å². The van der Waals surface area contributed by atoms with E-state index in [0.29, 0.717) is 11.5 Å². The summed E-state index contributed by atoms with van der Waals surface area (Å²) in [6, 6.07) is 0. The first-order valence-corrected chi connectivity index (χ1v) is 9.74. The van der Waals surface area contributed by atoms with Gasteiger partial charge in [-0.1, -0.05) is 20.3 Å². The second-order valence-corrected chi connectivity index (χ2v) is 8.93. The second-order valence-electron chi connectivity index (χ2n) is 6.62.